The van der Waals surface area contributed by atoms with Crippen LogP contribution in [0.2, 0.25) is 0 Å². The van der Waals surface area contributed by atoms with Crippen molar-refractivity contribution in [1.82, 2.24) is 5.43 Å². The van der Waals surface area contributed by atoms with E-state index >= 15 is 0 Å². The average molecular weight is 351 g/mol. The zero-order valence-corrected chi connectivity index (χ0v) is 13.6. The van der Waals surface area contributed by atoms with Gasteiger partial charge in [0.2, 0.25) is 0 Å². The maximum atomic E-state index is 11.8. The number of rotatable bonds is 6. The van der Waals surface area contributed by atoms with E-state index in [1.807, 2.05) is 25.1 Å². The molecule has 2 fully saturated rings. The van der Waals surface area contributed by atoms with E-state index < -0.39 is 0 Å². The van der Waals surface area contributed by atoms with E-state index in [9.17, 15) is 4.79 Å². The number of nitrogens with zero attached hydrogens (tertiary/aromatic N) is 1. The fourth-order valence-corrected chi connectivity index (χ4v) is 2.91. The molecule has 0 aliphatic heterocycles. The molecular weight excluding hydrogens is 332 g/mol. The number of amides is 1. The van der Waals surface area contributed by atoms with Gasteiger partial charge in [0, 0.05) is 5.71 Å². The van der Waals surface area contributed by atoms with Gasteiger partial charge in [-0.25, -0.2) is 5.43 Å². The molecule has 1 N–H and O–H groups in total. The summed E-state index contributed by atoms with van der Waals surface area (Å²) in [6.07, 6.45) is 4.88. The molecule has 21 heavy (non-hydrogen) atoms. The molecule has 0 radical (unpaired) electrons. The summed E-state index contributed by atoms with van der Waals surface area (Å²) in [5.74, 6) is 1.69. The third-order valence-electron chi connectivity index (χ3n) is 3.75. The van der Waals surface area contributed by atoms with E-state index in [0.717, 1.165) is 10.0 Å². The van der Waals surface area contributed by atoms with Crippen LogP contribution >= 0.6 is 15.9 Å². The third-order valence-corrected chi connectivity index (χ3v) is 4.37. The third kappa shape index (κ3) is 4.06. The van der Waals surface area contributed by atoms with E-state index in [-0.39, 0.29) is 12.5 Å². The molecular formula is C16H19BrN2O2. The van der Waals surface area contributed by atoms with Crippen LogP contribution in [0.1, 0.15) is 31.2 Å². The summed E-state index contributed by atoms with van der Waals surface area (Å²) in [4.78, 5) is 11.8. The molecule has 2 saturated carbocycles. The van der Waals surface area contributed by atoms with Gasteiger partial charge in [-0.05, 0) is 78.1 Å². The Morgan fingerprint density at radius 3 is 2.57 bits per heavy atom. The molecule has 1 amide bonds. The second-order valence-electron chi connectivity index (χ2n) is 5.84. The van der Waals surface area contributed by atoms with E-state index in [0.29, 0.717) is 17.6 Å². The average Bonchev–Trinajstić information content (AvgIpc) is 3.31. The van der Waals surface area contributed by atoms with Gasteiger partial charge in [-0.2, -0.15) is 5.10 Å². The lowest BCUT2D eigenvalue weighted by atomic mass is 10.2. The normalized spacial score (nSPS) is 17.2. The van der Waals surface area contributed by atoms with Crippen molar-refractivity contribution >= 4 is 27.5 Å². The number of nitrogens with one attached hydrogen (secondary N) is 1. The Morgan fingerprint density at radius 2 is 2.00 bits per heavy atom. The van der Waals surface area contributed by atoms with Gasteiger partial charge in [-0.15, -0.1) is 0 Å². The van der Waals surface area contributed by atoms with Gasteiger partial charge in [0.05, 0.1) is 4.47 Å². The molecule has 1 aromatic carbocycles. The molecule has 112 valence electrons. The van der Waals surface area contributed by atoms with Crippen molar-refractivity contribution < 1.29 is 9.53 Å². The Balaban J connectivity index is 1.51. The first-order valence-electron chi connectivity index (χ1n) is 7.39. The van der Waals surface area contributed by atoms with Crippen LogP contribution in [0.5, 0.6) is 5.75 Å². The number of ether oxygens (including phenoxy) is 1. The summed E-state index contributed by atoms with van der Waals surface area (Å²) in [6.45, 7) is 1.99. The van der Waals surface area contributed by atoms with Gasteiger partial charge in [0.25, 0.3) is 5.91 Å². The van der Waals surface area contributed by atoms with E-state index in [4.69, 9.17) is 4.74 Å². The summed E-state index contributed by atoms with van der Waals surface area (Å²) in [6, 6.07) is 5.77. The number of halogens is 1. The lowest BCUT2D eigenvalue weighted by Crippen LogP contribution is -2.26. The van der Waals surface area contributed by atoms with E-state index in [1.54, 1.807) is 0 Å². The van der Waals surface area contributed by atoms with Gasteiger partial charge in [-0.1, -0.05) is 6.07 Å². The zero-order chi connectivity index (χ0) is 14.8. The highest BCUT2D eigenvalue weighted by Gasteiger charge is 2.38. The molecule has 3 rings (SSSR count). The SMILES string of the molecule is Cc1ccc(OCC(=O)NN=C(C2CC2)C2CC2)c(Br)c1. The minimum atomic E-state index is -0.207. The largest absolute Gasteiger partial charge is 0.483 e. The molecule has 0 aromatic heterocycles. The minimum absolute atomic E-state index is 0.0201. The molecule has 2 aliphatic carbocycles. The van der Waals surface area contributed by atoms with Gasteiger partial charge in [0.15, 0.2) is 6.61 Å². The molecule has 0 spiro atoms. The van der Waals surface area contributed by atoms with Crippen molar-refractivity contribution in [3.05, 3.63) is 28.2 Å². The fourth-order valence-electron chi connectivity index (χ4n) is 2.30. The Kier molecular flexibility index (Phi) is 4.29. The van der Waals surface area contributed by atoms with Crippen LogP contribution < -0.4 is 10.2 Å². The molecule has 0 atom stereocenters. The lowest BCUT2D eigenvalue weighted by molar-refractivity contribution is -0.123. The number of carbonyl (C=O) groups excluding carboxylic acids is 1. The predicted octanol–water partition coefficient (Wildman–Crippen LogP) is 3.43. The summed E-state index contributed by atoms with van der Waals surface area (Å²) < 4.78 is 6.37. The highest BCUT2D eigenvalue weighted by atomic mass is 79.9. The number of aryl methyl sites for hydroxylation is 1. The Morgan fingerprint density at radius 1 is 1.33 bits per heavy atom. The number of hydrazone groups is 1. The first kappa shape index (κ1) is 14.6. The quantitative estimate of drug-likeness (QED) is 0.631. The smallest absolute Gasteiger partial charge is 0.277 e. The predicted molar refractivity (Wildman–Crippen MR) is 85.4 cm³/mol. The van der Waals surface area contributed by atoms with Crippen molar-refractivity contribution in [2.45, 2.75) is 32.6 Å². The molecule has 0 heterocycles. The van der Waals surface area contributed by atoms with Crippen molar-refractivity contribution in [3.63, 3.8) is 0 Å². The highest BCUT2D eigenvalue weighted by Crippen LogP contribution is 2.41. The van der Waals surface area contributed by atoms with Crippen LogP contribution in [-0.4, -0.2) is 18.2 Å². The van der Waals surface area contributed by atoms with Gasteiger partial charge in [-0.3, -0.25) is 4.79 Å². The second-order valence-corrected chi connectivity index (χ2v) is 6.70. The standard InChI is InChI=1S/C16H19BrN2O2/c1-10-2-7-14(13(17)8-10)21-9-15(20)18-19-16(11-3-4-11)12-5-6-12/h2,7-8,11-12H,3-6,9H2,1H3,(H,18,20). The molecule has 1 aromatic rings. The topological polar surface area (TPSA) is 50.7 Å². The van der Waals surface area contributed by atoms with Crippen LogP contribution in [0.15, 0.2) is 27.8 Å². The molecule has 5 heteroatoms. The Hall–Kier alpha value is -1.36. The molecule has 4 nitrogen and oxygen atoms in total. The maximum absolute atomic E-state index is 11.8. The first-order chi connectivity index (χ1) is 10.1. The summed E-state index contributed by atoms with van der Waals surface area (Å²) in [5, 5.41) is 4.32. The van der Waals surface area contributed by atoms with E-state index in [1.165, 1.54) is 31.4 Å². The number of benzene rings is 1. The molecule has 0 bridgehead atoms. The van der Waals surface area contributed by atoms with E-state index in [2.05, 4.69) is 26.5 Å². The molecule has 2 aliphatic rings. The van der Waals surface area contributed by atoms with Gasteiger partial charge < -0.3 is 4.74 Å². The van der Waals surface area contributed by atoms with Crippen molar-refractivity contribution in [2.24, 2.45) is 16.9 Å². The maximum Gasteiger partial charge on any atom is 0.277 e. The van der Waals surface area contributed by atoms with Crippen LogP contribution in [0, 0.1) is 18.8 Å². The number of hydrogen-bond donors (Lipinski definition) is 1. The summed E-state index contributed by atoms with van der Waals surface area (Å²) >= 11 is 3.43. The monoisotopic (exact) mass is 350 g/mol. The van der Waals surface area contributed by atoms with Crippen molar-refractivity contribution in [3.8, 4) is 5.75 Å². The Labute approximate surface area is 133 Å². The van der Waals surface area contributed by atoms with Crippen LogP contribution in [0.4, 0.5) is 0 Å². The van der Waals surface area contributed by atoms with Crippen molar-refractivity contribution in [2.75, 3.05) is 6.61 Å². The van der Waals surface area contributed by atoms with Gasteiger partial charge >= 0.3 is 0 Å². The lowest BCUT2D eigenvalue weighted by Gasteiger charge is -2.08. The summed E-state index contributed by atoms with van der Waals surface area (Å²) in [5.41, 5.74) is 4.97. The molecule has 0 saturated heterocycles. The Bertz CT molecular complexity index is 564. The first-order valence-corrected chi connectivity index (χ1v) is 8.18. The number of carbonyl (C=O) groups is 1. The van der Waals surface area contributed by atoms with Crippen molar-refractivity contribution in [1.29, 1.82) is 0 Å². The highest BCUT2D eigenvalue weighted by molar-refractivity contribution is 9.10. The zero-order valence-electron chi connectivity index (χ0n) is 12.1. The van der Waals surface area contributed by atoms with Gasteiger partial charge in [0.1, 0.15) is 5.75 Å². The van der Waals surface area contributed by atoms with Crippen LogP contribution in [0.3, 0.4) is 0 Å². The number of hydrogen-bond acceptors (Lipinski definition) is 3. The van der Waals surface area contributed by atoms with Crippen LogP contribution in [-0.2, 0) is 4.79 Å². The minimum Gasteiger partial charge on any atom is -0.483 e. The van der Waals surface area contributed by atoms with Crippen LogP contribution in [0.25, 0.3) is 0 Å². The summed E-state index contributed by atoms with van der Waals surface area (Å²) in [7, 11) is 0. The second kappa shape index (κ2) is 6.18. The fraction of sp³-hybridized carbons (Fsp3) is 0.500. The molecule has 0 unspecified atom stereocenters.